The van der Waals surface area contributed by atoms with Gasteiger partial charge < -0.3 is 14.8 Å². The summed E-state index contributed by atoms with van der Waals surface area (Å²) in [6.07, 6.45) is 1.33. The highest BCUT2D eigenvalue weighted by Crippen LogP contribution is 2.18. The largest absolute Gasteiger partial charge is 0.506 e. The molecule has 3 rings (SSSR count). The summed E-state index contributed by atoms with van der Waals surface area (Å²) in [6.45, 7) is 0. The lowest BCUT2D eigenvalue weighted by atomic mass is 10.1. The van der Waals surface area contributed by atoms with Crippen LogP contribution in [0.3, 0.4) is 0 Å². The van der Waals surface area contributed by atoms with Crippen molar-refractivity contribution in [3.63, 3.8) is 0 Å². The number of fused-ring (bicyclic) bond motifs is 1. The Labute approximate surface area is 131 Å². The molecule has 2 N–H and O–H groups in total. The molecule has 0 aliphatic carbocycles. The zero-order valence-electron chi connectivity index (χ0n) is 11.4. The van der Waals surface area contributed by atoms with Crippen LogP contribution in [-0.2, 0) is 0 Å². The second kappa shape index (κ2) is 5.95. The number of benzene rings is 2. The van der Waals surface area contributed by atoms with E-state index in [9.17, 15) is 9.90 Å². The number of hydrogen-bond donors (Lipinski definition) is 2. The van der Waals surface area contributed by atoms with Crippen LogP contribution >= 0.6 is 11.6 Å². The molecule has 0 radical (unpaired) electrons. The summed E-state index contributed by atoms with van der Waals surface area (Å²) in [5, 5.41) is 14.3. The van der Waals surface area contributed by atoms with Crippen LogP contribution in [0.4, 0.5) is 5.69 Å². The lowest BCUT2D eigenvalue weighted by Gasteiger charge is -2.04. The van der Waals surface area contributed by atoms with Crippen molar-refractivity contribution in [3.8, 4) is 0 Å². The van der Waals surface area contributed by atoms with Gasteiger partial charge in [0.2, 0.25) is 0 Å². The molecule has 0 bridgehead atoms. The Hall–Kier alpha value is -2.72. The van der Waals surface area contributed by atoms with E-state index in [0.29, 0.717) is 16.3 Å². The van der Waals surface area contributed by atoms with Gasteiger partial charge in [0.05, 0.1) is 0 Å². The van der Waals surface area contributed by atoms with Crippen molar-refractivity contribution in [2.24, 2.45) is 0 Å². The van der Waals surface area contributed by atoms with E-state index in [1.807, 2.05) is 6.07 Å². The number of anilines is 1. The maximum Gasteiger partial charge on any atom is 0.347 e. The molecule has 0 aliphatic heterocycles. The van der Waals surface area contributed by atoms with E-state index in [0.717, 1.165) is 5.39 Å². The van der Waals surface area contributed by atoms with Crippen LogP contribution in [0.2, 0.25) is 5.02 Å². The number of halogens is 1. The first-order valence-electron chi connectivity index (χ1n) is 6.58. The molecule has 4 nitrogen and oxygen atoms in total. The van der Waals surface area contributed by atoms with Gasteiger partial charge in [-0.3, -0.25) is 0 Å². The van der Waals surface area contributed by atoms with Gasteiger partial charge in [0, 0.05) is 22.3 Å². The normalized spacial score (nSPS) is 11.6. The van der Waals surface area contributed by atoms with Gasteiger partial charge in [0.1, 0.15) is 16.9 Å². The maximum absolute atomic E-state index is 11.9. The zero-order valence-corrected chi connectivity index (χ0v) is 12.2. The molecule has 110 valence electrons. The van der Waals surface area contributed by atoms with Gasteiger partial charge in [-0.05, 0) is 30.3 Å². The average molecular weight is 314 g/mol. The number of aliphatic hydroxyl groups excluding tert-OH is 1. The number of nitrogens with one attached hydrogen (secondary N) is 1. The summed E-state index contributed by atoms with van der Waals surface area (Å²) in [5.41, 5.74) is 0.671. The topological polar surface area (TPSA) is 62.5 Å². The van der Waals surface area contributed by atoms with E-state index < -0.39 is 5.63 Å². The monoisotopic (exact) mass is 313 g/mol. The zero-order chi connectivity index (χ0) is 15.5. The Kier molecular flexibility index (Phi) is 3.85. The molecule has 0 saturated carbocycles. The molecule has 0 saturated heterocycles. The summed E-state index contributed by atoms with van der Waals surface area (Å²) in [4.78, 5) is 11.9. The second-order valence-electron chi connectivity index (χ2n) is 4.67. The molecule has 1 heterocycles. The van der Waals surface area contributed by atoms with Crippen LogP contribution in [0.25, 0.3) is 16.7 Å². The highest BCUT2D eigenvalue weighted by molar-refractivity contribution is 6.30. The summed E-state index contributed by atoms with van der Waals surface area (Å²) in [6, 6.07) is 15.7. The predicted molar refractivity (Wildman–Crippen MR) is 88.2 cm³/mol. The van der Waals surface area contributed by atoms with Crippen LogP contribution in [0, 0.1) is 0 Å². The molecule has 5 heteroatoms. The first-order chi connectivity index (χ1) is 10.6. The molecule has 0 aliphatic rings. The lowest BCUT2D eigenvalue weighted by molar-refractivity contribution is 0.497. The van der Waals surface area contributed by atoms with Crippen LogP contribution in [0.5, 0.6) is 0 Å². The third kappa shape index (κ3) is 2.97. The number of aliphatic hydroxyl groups is 1. The highest BCUT2D eigenvalue weighted by Gasteiger charge is 2.09. The average Bonchev–Trinajstić information content (AvgIpc) is 2.52. The van der Waals surface area contributed by atoms with Gasteiger partial charge in [-0.15, -0.1) is 0 Å². The van der Waals surface area contributed by atoms with Crippen molar-refractivity contribution in [2.45, 2.75) is 0 Å². The van der Waals surface area contributed by atoms with E-state index in [-0.39, 0.29) is 11.3 Å². The van der Waals surface area contributed by atoms with E-state index in [4.69, 9.17) is 16.0 Å². The van der Waals surface area contributed by atoms with Gasteiger partial charge in [-0.1, -0.05) is 35.9 Å². The van der Waals surface area contributed by atoms with Crippen molar-refractivity contribution in [2.75, 3.05) is 5.32 Å². The first-order valence-corrected chi connectivity index (χ1v) is 6.96. The van der Waals surface area contributed by atoms with Crippen LogP contribution in [0.1, 0.15) is 5.56 Å². The molecule has 0 atom stereocenters. The predicted octanol–water partition coefficient (Wildman–Crippen LogP) is 4.41. The smallest absolute Gasteiger partial charge is 0.347 e. The van der Waals surface area contributed by atoms with Gasteiger partial charge in [-0.25, -0.2) is 4.79 Å². The maximum atomic E-state index is 11.9. The summed E-state index contributed by atoms with van der Waals surface area (Å²) >= 11 is 5.88. The van der Waals surface area contributed by atoms with E-state index in [1.54, 1.807) is 48.5 Å². The van der Waals surface area contributed by atoms with Gasteiger partial charge >= 0.3 is 5.63 Å². The molecule has 0 fully saturated rings. The van der Waals surface area contributed by atoms with Crippen molar-refractivity contribution >= 4 is 34.0 Å². The molecule has 0 spiro atoms. The lowest BCUT2D eigenvalue weighted by Crippen LogP contribution is -2.07. The minimum absolute atomic E-state index is 0.0910. The summed E-state index contributed by atoms with van der Waals surface area (Å²) in [5.74, 6) is -0.209. The Balaban J connectivity index is 1.94. The first kappa shape index (κ1) is 14.2. The molecule has 1 aromatic heterocycles. The summed E-state index contributed by atoms with van der Waals surface area (Å²) in [7, 11) is 0. The molecule has 0 amide bonds. The molecule has 22 heavy (non-hydrogen) atoms. The molecular formula is C17H12ClNO3. The van der Waals surface area contributed by atoms with Gasteiger partial charge in [0.15, 0.2) is 0 Å². The van der Waals surface area contributed by atoms with E-state index in [2.05, 4.69) is 5.32 Å². The van der Waals surface area contributed by atoms with Gasteiger partial charge in [0.25, 0.3) is 0 Å². The fourth-order valence-corrected chi connectivity index (χ4v) is 2.24. The Morgan fingerprint density at radius 1 is 1.14 bits per heavy atom. The minimum atomic E-state index is -0.597. The number of hydrogen-bond acceptors (Lipinski definition) is 4. The second-order valence-corrected chi connectivity index (χ2v) is 5.11. The minimum Gasteiger partial charge on any atom is -0.506 e. The Bertz CT molecular complexity index is 915. The van der Waals surface area contributed by atoms with Gasteiger partial charge in [-0.2, -0.15) is 0 Å². The van der Waals surface area contributed by atoms with Crippen LogP contribution < -0.4 is 10.9 Å². The molecule has 3 aromatic rings. The third-order valence-corrected chi connectivity index (χ3v) is 3.35. The third-order valence-electron chi connectivity index (χ3n) is 3.12. The van der Waals surface area contributed by atoms with Crippen molar-refractivity contribution in [1.82, 2.24) is 0 Å². The quantitative estimate of drug-likeness (QED) is 0.555. The Morgan fingerprint density at radius 3 is 2.77 bits per heavy atom. The molecular weight excluding hydrogens is 302 g/mol. The van der Waals surface area contributed by atoms with Crippen molar-refractivity contribution < 1.29 is 9.52 Å². The van der Waals surface area contributed by atoms with Crippen molar-refractivity contribution in [1.29, 1.82) is 0 Å². The van der Waals surface area contributed by atoms with E-state index in [1.165, 1.54) is 6.20 Å². The summed E-state index contributed by atoms with van der Waals surface area (Å²) < 4.78 is 5.18. The van der Waals surface area contributed by atoms with E-state index >= 15 is 0 Å². The molecule has 0 unspecified atom stereocenters. The standard InChI is InChI=1S/C17H12ClNO3/c18-12-5-3-6-13(9-12)19-10-15(20)14-8-11-4-1-2-7-16(11)22-17(14)21/h1-10,19-20H/b15-10-. The fourth-order valence-electron chi connectivity index (χ4n) is 2.05. The molecule has 2 aromatic carbocycles. The SMILES string of the molecule is O=c1oc2ccccc2cc1/C(O)=C/Nc1cccc(Cl)c1. The number of rotatable bonds is 3. The van der Waals surface area contributed by atoms with Crippen LogP contribution in [0.15, 0.2) is 70.0 Å². The number of para-hydroxylation sites is 1. The van der Waals surface area contributed by atoms with Crippen LogP contribution in [-0.4, -0.2) is 5.11 Å². The van der Waals surface area contributed by atoms with Crippen molar-refractivity contribution in [3.05, 3.63) is 81.8 Å². The Morgan fingerprint density at radius 2 is 1.95 bits per heavy atom. The highest BCUT2D eigenvalue weighted by atomic mass is 35.5. The fraction of sp³-hybridized carbons (Fsp3) is 0.